The average Bonchev–Trinajstić information content (AvgIpc) is 2.74. The molecule has 20 heavy (non-hydrogen) atoms. The molecule has 0 aliphatic heterocycles. The van der Waals surface area contributed by atoms with E-state index in [9.17, 15) is 0 Å². The van der Waals surface area contributed by atoms with Crippen LogP contribution in [0.25, 0.3) is 0 Å². The van der Waals surface area contributed by atoms with E-state index in [0.29, 0.717) is 6.61 Å². The molecular weight excluding hydrogens is 250 g/mol. The fraction of sp³-hybridized carbons (Fsp3) is 0.438. The highest BCUT2D eigenvalue weighted by atomic mass is 16.5. The van der Waals surface area contributed by atoms with Crippen LogP contribution in [-0.2, 0) is 13.7 Å². The minimum atomic E-state index is 0.263. The van der Waals surface area contributed by atoms with Crippen LogP contribution in [0.5, 0.6) is 5.75 Å². The van der Waals surface area contributed by atoms with Crippen LogP contribution in [0.4, 0.5) is 0 Å². The highest BCUT2D eigenvalue weighted by Gasteiger charge is 2.11. The number of hydrogen-bond donors (Lipinski definition) is 1. The lowest BCUT2D eigenvalue weighted by atomic mass is 10.1. The van der Waals surface area contributed by atoms with Crippen LogP contribution in [0.15, 0.2) is 24.3 Å². The first-order valence-electron chi connectivity index (χ1n) is 6.91. The third kappa shape index (κ3) is 3.20. The van der Waals surface area contributed by atoms with Gasteiger partial charge in [0.15, 0.2) is 0 Å². The first-order chi connectivity index (χ1) is 9.51. The van der Waals surface area contributed by atoms with Crippen molar-refractivity contribution in [2.24, 2.45) is 7.05 Å². The van der Waals surface area contributed by atoms with Crippen molar-refractivity contribution in [3.05, 3.63) is 46.8 Å². The van der Waals surface area contributed by atoms with Crippen molar-refractivity contribution in [1.82, 2.24) is 15.1 Å². The summed E-state index contributed by atoms with van der Waals surface area (Å²) >= 11 is 0. The summed E-state index contributed by atoms with van der Waals surface area (Å²) in [6.45, 7) is 6.73. The third-order valence-electron chi connectivity index (χ3n) is 3.54. The summed E-state index contributed by atoms with van der Waals surface area (Å²) in [7, 11) is 3.90. The van der Waals surface area contributed by atoms with Crippen molar-refractivity contribution in [1.29, 1.82) is 0 Å². The maximum atomic E-state index is 6.02. The molecule has 0 saturated heterocycles. The van der Waals surface area contributed by atoms with Crippen LogP contribution in [0.1, 0.15) is 35.5 Å². The molecule has 1 unspecified atom stereocenters. The quantitative estimate of drug-likeness (QED) is 0.910. The molecule has 4 nitrogen and oxygen atoms in total. The van der Waals surface area contributed by atoms with E-state index in [0.717, 1.165) is 17.1 Å². The van der Waals surface area contributed by atoms with E-state index in [2.05, 4.69) is 48.5 Å². The van der Waals surface area contributed by atoms with Gasteiger partial charge < -0.3 is 10.1 Å². The highest BCUT2D eigenvalue weighted by Crippen LogP contribution is 2.27. The summed E-state index contributed by atoms with van der Waals surface area (Å²) in [4.78, 5) is 0. The minimum absolute atomic E-state index is 0.263. The zero-order valence-corrected chi connectivity index (χ0v) is 12.9. The van der Waals surface area contributed by atoms with E-state index in [-0.39, 0.29) is 6.04 Å². The lowest BCUT2D eigenvalue weighted by Crippen LogP contribution is -2.14. The van der Waals surface area contributed by atoms with Gasteiger partial charge >= 0.3 is 0 Å². The molecule has 1 atom stereocenters. The van der Waals surface area contributed by atoms with Gasteiger partial charge in [-0.05, 0) is 45.5 Å². The molecule has 0 spiro atoms. The second kappa shape index (κ2) is 6.09. The van der Waals surface area contributed by atoms with Crippen molar-refractivity contribution in [3.8, 4) is 5.75 Å². The van der Waals surface area contributed by atoms with E-state index in [1.807, 2.05) is 25.7 Å². The Labute approximate surface area is 120 Å². The molecule has 0 saturated carbocycles. The molecule has 1 heterocycles. The normalized spacial score (nSPS) is 12.4. The van der Waals surface area contributed by atoms with Crippen LogP contribution in [0.2, 0.25) is 0 Å². The number of benzene rings is 1. The Morgan fingerprint density at radius 2 is 2.05 bits per heavy atom. The van der Waals surface area contributed by atoms with Gasteiger partial charge in [0.2, 0.25) is 0 Å². The Hall–Kier alpha value is -1.81. The van der Waals surface area contributed by atoms with Crippen LogP contribution >= 0.6 is 0 Å². The molecule has 2 aromatic rings. The Morgan fingerprint density at radius 1 is 1.30 bits per heavy atom. The van der Waals surface area contributed by atoms with Crippen LogP contribution in [0, 0.1) is 13.8 Å². The summed E-state index contributed by atoms with van der Waals surface area (Å²) in [5, 5.41) is 7.60. The third-order valence-corrected chi connectivity index (χ3v) is 3.54. The average molecular weight is 273 g/mol. The van der Waals surface area contributed by atoms with E-state index < -0.39 is 0 Å². The van der Waals surface area contributed by atoms with Crippen LogP contribution in [0.3, 0.4) is 0 Å². The second-order valence-corrected chi connectivity index (χ2v) is 5.24. The zero-order valence-electron chi connectivity index (χ0n) is 12.9. The summed E-state index contributed by atoms with van der Waals surface area (Å²) in [6.07, 6.45) is 0. The minimum Gasteiger partial charge on any atom is -0.487 e. The lowest BCUT2D eigenvalue weighted by Gasteiger charge is -2.17. The SMILES string of the molecule is CNC(C)c1ccc(C)cc1OCc1cc(C)nn1C. The highest BCUT2D eigenvalue weighted by molar-refractivity contribution is 5.39. The van der Waals surface area contributed by atoms with Gasteiger partial charge in [-0.1, -0.05) is 12.1 Å². The van der Waals surface area contributed by atoms with Gasteiger partial charge in [-0.2, -0.15) is 5.10 Å². The van der Waals surface area contributed by atoms with Crippen LogP contribution < -0.4 is 10.1 Å². The number of nitrogens with zero attached hydrogens (tertiary/aromatic N) is 2. The predicted octanol–water partition coefficient (Wildman–Crippen LogP) is 2.90. The molecule has 4 heteroatoms. The molecule has 0 bridgehead atoms. The van der Waals surface area contributed by atoms with Crippen molar-refractivity contribution in [2.75, 3.05) is 7.05 Å². The monoisotopic (exact) mass is 273 g/mol. The first-order valence-corrected chi connectivity index (χ1v) is 6.91. The number of hydrogen-bond acceptors (Lipinski definition) is 3. The molecule has 0 amide bonds. The topological polar surface area (TPSA) is 39.1 Å². The largest absolute Gasteiger partial charge is 0.487 e. The van der Waals surface area contributed by atoms with Gasteiger partial charge in [0.25, 0.3) is 0 Å². The van der Waals surface area contributed by atoms with Crippen LogP contribution in [-0.4, -0.2) is 16.8 Å². The maximum Gasteiger partial charge on any atom is 0.130 e. The van der Waals surface area contributed by atoms with Crippen molar-refractivity contribution >= 4 is 0 Å². The number of nitrogens with one attached hydrogen (secondary N) is 1. The van der Waals surface area contributed by atoms with Gasteiger partial charge in [0.1, 0.15) is 12.4 Å². The standard InChI is InChI=1S/C16H23N3O/c1-11-6-7-15(13(3)17-4)16(8-11)20-10-14-9-12(2)18-19(14)5/h6-9,13,17H,10H2,1-5H3. The van der Waals surface area contributed by atoms with E-state index in [4.69, 9.17) is 4.74 Å². The summed E-state index contributed by atoms with van der Waals surface area (Å²) in [5.74, 6) is 0.936. The Balaban J connectivity index is 2.20. The zero-order chi connectivity index (χ0) is 14.7. The molecule has 0 radical (unpaired) electrons. The predicted molar refractivity (Wildman–Crippen MR) is 80.9 cm³/mol. The molecule has 1 aromatic heterocycles. The molecule has 0 fully saturated rings. The molecule has 1 aromatic carbocycles. The van der Waals surface area contributed by atoms with Gasteiger partial charge in [0, 0.05) is 18.7 Å². The Morgan fingerprint density at radius 3 is 2.65 bits per heavy atom. The summed E-state index contributed by atoms with van der Waals surface area (Å²) in [6, 6.07) is 8.65. The maximum absolute atomic E-state index is 6.02. The molecule has 0 aliphatic rings. The van der Waals surface area contributed by atoms with Gasteiger partial charge in [-0.15, -0.1) is 0 Å². The number of aryl methyl sites for hydroxylation is 3. The molecule has 0 aliphatic carbocycles. The molecule has 1 N–H and O–H groups in total. The van der Waals surface area contributed by atoms with E-state index in [1.165, 1.54) is 11.1 Å². The number of ether oxygens (including phenoxy) is 1. The fourth-order valence-corrected chi connectivity index (χ4v) is 2.23. The Bertz CT molecular complexity index is 589. The fourth-order valence-electron chi connectivity index (χ4n) is 2.23. The van der Waals surface area contributed by atoms with Crippen molar-refractivity contribution in [3.63, 3.8) is 0 Å². The van der Waals surface area contributed by atoms with Gasteiger partial charge in [-0.3, -0.25) is 4.68 Å². The van der Waals surface area contributed by atoms with Crippen molar-refractivity contribution < 1.29 is 4.74 Å². The smallest absolute Gasteiger partial charge is 0.130 e. The molecule has 2 rings (SSSR count). The van der Waals surface area contributed by atoms with Gasteiger partial charge in [0.05, 0.1) is 11.4 Å². The molecular formula is C16H23N3O. The first kappa shape index (κ1) is 14.6. The number of aromatic nitrogens is 2. The summed E-state index contributed by atoms with van der Waals surface area (Å²) < 4.78 is 7.89. The van der Waals surface area contributed by atoms with Crippen molar-refractivity contribution in [2.45, 2.75) is 33.4 Å². The lowest BCUT2D eigenvalue weighted by molar-refractivity contribution is 0.289. The van der Waals surface area contributed by atoms with Gasteiger partial charge in [-0.25, -0.2) is 0 Å². The summed E-state index contributed by atoms with van der Waals surface area (Å²) in [5.41, 5.74) is 4.47. The van der Waals surface area contributed by atoms with E-state index in [1.54, 1.807) is 0 Å². The Kier molecular flexibility index (Phi) is 4.45. The molecule has 108 valence electrons. The van der Waals surface area contributed by atoms with E-state index >= 15 is 0 Å². The number of rotatable bonds is 5. The second-order valence-electron chi connectivity index (χ2n) is 5.24.